The van der Waals surface area contributed by atoms with E-state index in [2.05, 4.69) is 20.2 Å². The lowest BCUT2D eigenvalue weighted by Crippen LogP contribution is -2.35. The normalized spacial score (nSPS) is 20.5. The fourth-order valence-electron chi connectivity index (χ4n) is 3.45. The van der Waals surface area contributed by atoms with Crippen molar-refractivity contribution in [1.82, 2.24) is 15.3 Å². The first kappa shape index (κ1) is 15.3. The van der Waals surface area contributed by atoms with Crippen LogP contribution in [-0.4, -0.2) is 35.0 Å². The molecule has 2 aliphatic rings. The Morgan fingerprint density at radius 1 is 1.00 bits per heavy atom. The SMILES string of the molecule is O=C(NC1CCCCCC1)c1cc(N2CCCCC2)ncn1. The van der Waals surface area contributed by atoms with Crippen LogP contribution in [0.5, 0.6) is 0 Å². The number of nitrogens with zero attached hydrogens (tertiary/aromatic N) is 3. The molecule has 2 heterocycles. The lowest BCUT2D eigenvalue weighted by molar-refractivity contribution is 0.0928. The van der Waals surface area contributed by atoms with Crippen LogP contribution in [0.4, 0.5) is 5.82 Å². The van der Waals surface area contributed by atoms with E-state index >= 15 is 0 Å². The van der Waals surface area contributed by atoms with Crippen molar-refractivity contribution in [2.24, 2.45) is 0 Å². The maximum absolute atomic E-state index is 12.4. The zero-order valence-electron chi connectivity index (χ0n) is 13.3. The molecule has 0 atom stereocenters. The summed E-state index contributed by atoms with van der Waals surface area (Å²) in [6, 6.07) is 2.15. The molecule has 0 unspecified atom stereocenters. The third-order valence-electron chi connectivity index (χ3n) is 4.76. The number of hydrogen-bond donors (Lipinski definition) is 1. The van der Waals surface area contributed by atoms with Gasteiger partial charge in [0.15, 0.2) is 0 Å². The molecule has 2 fully saturated rings. The summed E-state index contributed by atoms with van der Waals surface area (Å²) in [6.07, 6.45) is 12.4. The molecule has 1 aliphatic heterocycles. The third kappa shape index (κ3) is 3.96. The summed E-state index contributed by atoms with van der Waals surface area (Å²) in [5.74, 6) is 0.841. The summed E-state index contributed by atoms with van der Waals surface area (Å²) in [5.41, 5.74) is 0.500. The van der Waals surface area contributed by atoms with Gasteiger partial charge in [0.05, 0.1) is 0 Å². The van der Waals surface area contributed by atoms with Gasteiger partial charge >= 0.3 is 0 Å². The Bertz CT molecular complexity index is 491. The predicted octanol–water partition coefficient (Wildman–Crippen LogP) is 2.92. The Balaban J connectivity index is 1.64. The van der Waals surface area contributed by atoms with Gasteiger partial charge in [-0.1, -0.05) is 25.7 Å². The molecule has 0 radical (unpaired) electrons. The summed E-state index contributed by atoms with van der Waals surface area (Å²) in [6.45, 7) is 2.06. The lowest BCUT2D eigenvalue weighted by Gasteiger charge is -2.27. The molecule has 22 heavy (non-hydrogen) atoms. The number of nitrogens with one attached hydrogen (secondary N) is 1. The van der Waals surface area contributed by atoms with Crippen molar-refractivity contribution in [3.63, 3.8) is 0 Å². The Kier molecular flexibility index (Phi) is 5.24. The van der Waals surface area contributed by atoms with Crippen LogP contribution in [0, 0.1) is 0 Å². The Hall–Kier alpha value is -1.65. The summed E-state index contributed by atoms with van der Waals surface area (Å²) in [4.78, 5) is 23.2. The molecule has 0 spiro atoms. The minimum absolute atomic E-state index is 0.0486. The van der Waals surface area contributed by atoms with Crippen molar-refractivity contribution in [3.8, 4) is 0 Å². The van der Waals surface area contributed by atoms with Gasteiger partial charge in [0.2, 0.25) is 0 Å². The van der Waals surface area contributed by atoms with Crippen LogP contribution >= 0.6 is 0 Å². The predicted molar refractivity (Wildman–Crippen MR) is 87.1 cm³/mol. The highest BCUT2D eigenvalue weighted by Crippen LogP contribution is 2.19. The van der Waals surface area contributed by atoms with Gasteiger partial charge < -0.3 is 10.2 Å². The van der Waals surface area contributed by atoms with Crippen LogP contribution in [0.15, 0.2) is 12.4 Å². The molecule has 1 amide bonds. The first-order chi connectivity index (χ1) is 10.8. The van der Waals surface area contributed by atoms with E-state index in [1.165, 1.54) is 51.3 Å². The minimum atomic E-state index is -0.0486. The zero-order chi connectivity index (χ0) is 15.2. The monoisotopic (exact) mass is 302 g/mol. The number of rotatable bonds is 3. The van der Waals surface area contributed by atoms with E-state index in [0.29, 0.717) is 11.7 Å². The highest BCUT2D eigenvalue weighted by atomic mass is 16.1. The second kappa shape index (κ2) is 7.56. The van der Waals surface area contributed by atoms with E-state index in [4.69, 9.17) is 0 Å². The molecular formula is C17H26N4O. The molecule has 3 rings (SSSR count). The van der Waals surface area contributed by atoms with E-state index < -0.39 is 0 Å². The van der Waals surface area contributed by atoms with Gasteiger partial charge in [0.1, 0.15) is 17.8 Å². The van der Waals surface area contributed by atoms with Crippen molar-refractivity contribution in [2.45, 2.75) is 63.8 Å². The Morgan fingerprint density at radius 2 is 1.68 bits per heavy atom. The van der Waals surface area contributed by atoms with Crippen LogP contribution in [0.1, 0.15) is 68.3 Å². The van der Waals surface area contributed by atoms with Gasteiger partial charge in [-0.3, -0.25) is 4.79 Å². The number of amides is 1. The van der Waals surface area contributed by atoms with Crippen molar-refractivity contribution < 1.29 is 4.79 Å². The molecule has 1 saturated carbocycles. The average molecular weight is 302 g/mol. The van der Waals surface area contributed by atoms with Gasteiger partial charge in [-0.2, -0.15) is 0 Å². The zero-order valence-corrected chi connectivity index (χ0v) is 13.3. The van der Waals surface area contributed by atoms with Crippen molar-refractivity contribution in [1.29, 1.82) is 0 Å². The van der Waals surface area contributed by atoms with Crippen LogP contribution in [0.3, 0.4) is 0 Å². The topological polar surface area (TPSA) is 58.1 Å². The third-order valence-corrected chi connectivity index (χ3v) is 4.76. The molecule has 0 bridgehead atoms. The minimum Gasteiger partial charge on any atom is -0.357 e. The Labute approximate surface area is 132 Å². The van der Waals surface area contributed by atoms with Crippen molar-refractivity contribution in [3.05, 3.63) is 18.1 Å². The van der Waals surface area contributed by atoms with E-state index in [9.17, 15) is 4.79 Å². The average Bonchev–Trinajstić information content (AvgIpc) is 2.84. The van der Waals surface area contributed by atoms with E-state index in [1.54, 1.807) is 0 Å². The molecule has 0 aromatic carbocycles. The summed E-state index contributed by atoms with van der Waals surface area (Å²) >= 11 is 0. The summed E-state index contributed by atoms with van der Waals surface area (Å²) in [7, 11) is 0. The molecule has 1 aromatic rings. The maximum Gasteiger partial charge on any atom is 0.270 e. The second-order valence-electron chi connectivity index (χ2n) is 6.47. The summed E-state index contributed by atoms with van der Waals surface area (Å²) < 4.78 is 0. The Morgan fingerprint density at radius 3 is 2.41 bits per heavy atom. The molecule has 1 aromatic heterocycles. The van der Waals surface area contributed by atoms with Crippen LogP contribution in [0.2, 0.25) is 0 Å². The van der Waals surface area contributed by atoms with Gasteiger partial charge in [0.25, 0.3) is 5.91 Å². The quantitative estimate of drug-likeness (QED) is 0.872. The van der Waals surface area contributed by atoms with Crippen LogP contribution in [0.25, 0.3) is 0 Å². The van der Waals surface area contributed by atoms with Gasteiger partial charge in [-0.15, -0.1) is 0 Å². The summed E-state index contributed by atoms with van der Waals surface area (Å²) in [5, 5.41) is 3.16. The number of carbonyl (C=O) groups excluding carboxylic acids is 1. The van der Waals surface area contributed by atoms with Crippen molar-refractivity contribution in [2.75, 3.05) is 18.0 Å². The van der Waals surface area contributed by atoms with Crippen LogP contribution < -0.4 is 10.2 Å². The first-order valence-electron chi connectivity index (χ1n) is 8.71. The van der Waals surface area contributed by atoms with E-state index in [1.807, 2.05) is 6.07 Å². The van der Waals surface area contributed by atoms with E-state index in [-0.39, 0.29) is 5.91 Å². The fraction of sp³-hybridized carbons (Fsp3) is 0.706. The lowest BCUT2D eigenvalue weighted by atomic mass is 10.1. The molecule has 1 aliphatic carbocycles. The largest absolute Gasteiger partial charge is 0.357 e. The van der Waals surface area contributed by atoms with E-state index in [0.717, 1.165) is 31.7 Å². The molecule has 1 N–H and O–H groups in total. The molecule has 5 heteroatoms. The molecular weight excluding hydrogens is 276 g/mol. The smallest absolute Gasteiger partial charge is 0.270 e. The standard InChI is InChI=1S/C17H26N4O/c22-17(20-14-8-4-1-2-5-9-14)15-12-16(19-13-18-15)21-10-6-3-7-11-21/h12-14H,1-11H2,(H,20,22). The van der Waals surface area contributed by atoms with Gasteiger partial charge in [-0.05, 0) is 32.1 Å². The van der Waals surface area contributed by atoms with Crippen LogP contribution in [-0.2, 0) is 0 Å². The number of aromatic nitrogens is 2. The van der Waals surface area contributed by atoms with Gasteiger partial charge in [-0.25, -0.2) is 9.97 Å². The highest BCUT2D eigenvalue weighted by Gasteiger charge is 2.18. The van der Waals surface area contributed by atoms with Crippen molar-refractivity contribution >= 4 is 11.7 Å². The molecule has 1 saturated heterocycles. The number of hydrogen-bond acceptors (Lipinski definition) is 4. The number of carbonyl (C=O) groups is 1. The highest BCUT2D eigenvalue weighted by molar-refractivity contribution is 5.93. The fourth-order valence-corrected chi connectivity index (χ4v) is 3.45. The number of anilines is 1. The second-order valence-corrected chi connectivity index (χ2v) is 6.47. The molecule has 5 nitrogen and oxygen atoms in total. The number of piperidine rings is 1. The molecule has 120 valence electrons. The first-order valence-corrected chi connectivity index (χ1v) is 8.71. The van der Waals surface area contributed by atoms with Gasteiger partial charge in [0, 0.05) is 25.2 Å². The maximum atomic E-state index is 12.4.